The van der Waals surface area contributed by atoms with Gasteiger partial charge in [-0.05, 0) is 60.5 Å². The Hall–Kier alpha value is -1.53. The Morgan fingerprint density at radius 1 is 1.20 bits per heavy atom. The van der Waals surface area contributed by atoms with Gasteiger partial charge >= 0.3 is 0 Å². The van der Waals surface area contributed by atoms with Crippen LogP contribution in [0.15, 0.2) is 22.8 Å². The number of Topliss-reactive ketones (excluding diaryl/α,β-unsaturated/α-hetero) is 1. The molecule has 1 aromatic carbocycles. The van der Waals surface area contributed by atoms with Crippen LogP contribution in [0.4, 0.5) is 10.1 Å². The van der Waals surface area contributed by atoms with E-state index in [1.54, 1.807) is 12.3 Å². The summed E-state index contributed by atoms with van der Waals surface area (Å²) in [6.45, 7) is 0. The zero-order valence-corrected chi connectivity index (χ0v) is 15.5. The molecule has 132 valence electrons. The minimum Gasteiger partial charge on any atom is -0.381 e. The van der Waals surface area contributed by atoms with Crippen LogP contribution in [-0.2, 0) is 0 Å². The van der Waals surface area contributed by atoms with Crippen LogP contribution in [0.3, 0.4) is 0 Å². The summed E-state index contributed by atoms with van der Waals surface area (Å²) < 4.78 is 14.3. The third-order valence-electron chi connectivity index (χ3n) is 5.24. The van der Waals surface area contributed by atoms with Gasteiger partial charge < -0.3 is 11.1 Å². The number of halogens is 2. The van der Waals surface area contributed by atoms with E-state index in [0.29, 0.717) is 15.6 Å². The van der Waals surface area contributed by atoms with E-state index < -0.39 is 0 Å². The topological polar surface area (TPSA) is 68.0 Å². The van der Waals surface area contributed by atoms with Crippen LogP contribution in [0.25, 0.3) is 10.9 Å². The van der Waals surface area contributed by atoms with E-state index >= 15 is 0 Å². The van der Waals surface area contributed by atoms with Crippen molar-refractivity contribution in [1.82, 2.24) is 4.98 Å². The highest BCUT2D eigenvalue weighted by Crippen LogP contribution is 2.38. The Labute approximate surface area is 154 Å². The number of fused-ring (bicyclic) bond motifs is 1. The van der Waals surface area contributed by atoms with E-state index in [1.807, 2.05) is 0 Å². The van der Waals surface area contributed by atoms with E-state index in [2.05, 4.69) is 26.2 Å². The van der Waals surface area contributed by atoms with Crippen LogP contribution in [0, 0.1) is 11.7 Å². The van der Waals surface area contributed by atoms with Gasteiger partial charge in [0.1, 0.15) is 5.82 Å². The van der Waals surface area contributed by atoms with Crippen LogP contribution in [0.2, 0.25) is 0 Å². The van der Waals surface area contributed by atoms with Crippen molar-refractivity contribution in [1.29, 1.82) is 0 Å². The fourth-order valence-corrected chi connectivity index (χ4v) is 3.91. The number of hydrogen-bond donors (Lipinski definition) is 2. The van der Waals surface area contributed by atoms with E-state index in [9.17, 15) is 9.18 Å². The van der Waals surface area contributed by atoms with Crippen molar-refractivity contribution in [2.75, 3.05) is 5.32 Å². The van der Waals surface area contributed by atoms with Gasteiger partial charge in [0.25, 0.3) is 0 Å². The van der Waals surface area contributed by atoms with Crippen molar-refractivity contribution in [3.63, 3.8) is 0 Å². The molecular formula is C19H21BrFN3O. The van der Waals surface area contributed by atoms with E-state index in [-0.39, 0.29) is 29.6 Å². The van der Waals surface area contributed by atoms with E-state index in [4.69, 9.17) is 5.73 Å². The quantitative estimate of drug-likeness (QED) is 0.739. The average Bonchev–Trinajstić information content (AvgIpc) is 3.43. The molecule has 0 spiro atoms. The van der Waals surface area contributed by atoms with Gasteiger partial charge in [0.05, 0.1) is 21.2 Å². The maximum absolute atomic E-state index is 13.9. The largest absolute Gasteiger partial charge is 0.381 e. The number of pyridine rings is 1. The summed E-state index contributed by atoms with van der Waals surface area (Å²) in [6.07, 6.45) is 7.40. The Morgan fingerprint density at radius 2 is 1.92 bits per heavy atom. The Morgan fingerprint density at radius 3 is 2.60 bits per heavy atom. The molecule has 0 aliphatic heterocycles. The number of carbonyl (C=O) groups is 1. The molecule has 4 rings (SSSR count). The molecule has 0 atom stereocenters. The van der Waals surface area contributed by atoms with E-state index in [1.165, 1.54) is 6.07 Å². The first-order valence-corrected chi connectivity index (χ1v) is 9.66. The summed E-state index contributed by atoms with van der Waals surface area (Å²) in [6, 6.07) is 3.67. The number of nitrogens with one attached hydrogen (secondary N) is 1. The van der Waals surface area contributed by atoms with Crippen LogP contribution in [0.5, 0.6) is 0 Å². The fraction of sp³-hybridized carbons (Fsp3) is 0.474. The molecule has 2 aliphatic carbocycles. The summed E-state index contributed by atoms with van der Waals surface area (Å²) in [5, 5.41) is 4.35. The number of anilines is 1. The van der Waals surface area contributed by atoms with Crippen molar-refractivity contribution in [2.24, 2.45) is 11.7 Å². The maximum Gasteiger partial charge on any atom is 0.169 e. The third-order valence-corrected chi connectivity index (χ3v) is 5.85. The second-order valence-corrected chi connectivity index (χ2v) is 8.08. The molecule has 0 radical (unpaired) electrons. The monoisotopic (exact) mass is 405 g/mol. The number of rotatable bonds is 4. The lowest BCUT2D eigenvalue weighted by Gasteiger charge is -2.29. The zero-order chi connectivity index (χ0) is 17.6. The lowest BCUT2D eigenvalue weighted by molar-refractivity contribution is 0.0968. The molecule has 0 saturated heterocycles. The molecule has 0 bridgehead atoms. The molecule has 4 nitrogen and oxygen atoms in total. The van der Waals surface area contributed by atoms with Crippen molar-refractivity contribution in [3.8, 4) is 0 Å². The molecule has 2 aliphatic rings. The number of hydrogen-bond acceptors (Lipinski definition) is 4. The lowest BCUT2D eigenvalue weighted by atomic mass is 9.91. The van der Waals surface area contributed by atoms with Crippen LogP contribution in [-0.4, -0.2) is 22.9 Å². The summed E-state index contributed by atoms with van der Waals surface area (Å²) in [7, 11) is 0. The average molecular weight is 406 g/mol. The molecule has 0 unspecified atom stereocenters. The lowest BCUT2D eigenvalue weighted by Crippen LogP contribution is -2.33. The number of aromatic nitrogens is 1. The highest BCUT2D eigenvalue weighted by molar-refractivity contribution is 9.10. The van der Waals surface area contributed by atoms with Crippen LogP contribution in [0.1, 0.15) is 48.9 Å². The predicted molar refractivity (Wildman–Crippen MR) is 100 cm³/mol. The normalized spacial score (nSPS) is 23.6. The standard InChI is InChI=1S/C19H21BrFN3O/c20-15-7-13-17(8-16(15)21)23-9-14(19(25)10-1-2-10)18(13)24-12-5-3-11(22)4-6-12/h7-12H,1-6,22H2,(H,23,24)/t11-,12-. The SMILES string of the molecule is N[C@H]1CC[C@H](Nc2c(C(=O)C3CC3)cnc3cc(F)c(Br)cc23)CC1. The molecular weight excluding hydrogens is 385 g/mol. The van der Waals surface area contributed by atoms with Crippen molar-refractivity contribution < 1.29 is 9.18 Å². The Bertz CT molecular complexity index is 829. The number of ketones is 1. The molecule has 25 heavy (non-hydrogen) atoms. The molecule has 2 fully saturated rings. The smallest absolute Gasteiger partial charge is 0.169 e. The third kappa shape index (κ3) is 3.42. The minimum atomic E-state index is -0.351. The van der Waals surface area contributed by atoms with Crippen molar-refractivity contribution >= 4 is 38.3 Å². The fourth-order valence-electron chi connectivity index (χ4n) is 3.56. The first-order chi connectivity index (χ1) is 12.0. The second-order valence-electron chi connectivity index (χ2n) is 7.22. The van der Waals surface area contributed by atoms with Gasteiger partial charge in [-0.1, -0.05) is 0 Å². The maximum atomic E-state index is 13.9. The van der Waals surface area contributed by atoms with Gasteiger partial charge in [0, 0.05) is 35.7 Å². The summed E-state index contributed by atoms with van der Waals surface area (Å²) >= 11 is 3.25. The molecule has 3 N–H and O–H groups in total. The second kappa shape index (κ2) is 6.65. The summed E-state index contributed by atoms with van der Waals surface area (Å²) in [4.78, 5) is 17.1. The summed E-state index contributed by atoms with van der Waals surface area (Å²) in [5.74, 6) is -0.0933. The molecule has 1 heterocycles. The Balaban J connectivity index is 1.77. The zero-order valence-electron chi connectivity index (χ0n) is 13.9. The van der Waals surface area contributed by atoms with Crippen molar-refractivity contribution in [2.45, 2.75) is 50.6 Å². The van der Waals surface area contributed by atoms with Gasteiger partial charge in [0.2, 0.25) is 0 Å². The molecule has 6 heteroatoms. The Kier molecular flexibility index (Phi) is 4.50. The molecule has 0 amide bonds. The molecule has 2 saturated carbocycles. The number of nitrogens with two attached hydrogens (primary N) is 1. The van der Waals surface area contributed by atoms with Crippen LogP contribution >= 0.6 is 15.9 Å². The first kappa shape index (κ1) is 16.9. The summed E-state index contributed by atoms with van der Waals surface area (Å²) in [5.41, 5.74) is 7.98. The number of nitrogens with zero attached hydrogens (tertiary/aromatic N) is 1. The van der Waals surface area contributed by atoms with Gasteiger partial charge in [-0.2, -0.15) is 0 Å². The highest BCUT2D eigenvalue weighted by atomic mass is 79.9. The predicted octanol–water partition coefficient (Wildman–Crippen LogP) is 4.41. The van der Waals surface area contributed by atoms with Gasteiger partial charge in [0.15, 0.2) is 5.78 Å². The van der Waals surface area contributed by atoms with Gasteiger partial charge in [-0.3, -0.25) is 9.78 Å². The van der Waals surface area contributed by atoms with Crippen molar-refractivity contribution in [3.05, 3.63) is 34.2 Å². The minimum absolute atomic E-state index is 0.114. The highest BCUT2D eigenvalue weighted by Gasteiger charge is 2.33. The van der Waals surface area contributed by atoms with Crippen LogP contribution < -0.4 is 11.1 Å². The first-order valence-electron chi connectivity index (χ1n) is 8.87. The molecule has 2 aromatic rings. The number of carbonyl (C=O) groups excluding carboxylic acids is 1. The van der Waals surface area contributed by atoms with E-state index in [0.717, 1.165) is 49.6 Å². The van der Waals surface area contributed by atoms with Gasteiger partial charge in [-0.25, -0.2) is 4.39 Å². The molecule has 1 aromatic heterocycles. The number of benzene rings is 1. The van der Waals surface area contributed by atoms with Gasteiger partial charge in [-0.15, -0.1) is 0 Å².